The minimum absolute atomic E-state index is 0.0338. The van der Waals surface area contributed by atoms with E-state index in [9.17, 15) is 24.0 Å². The van der Waals surface area contributed by atoms with Gasteiger partial charge >= 0.3 is 5.69 Å². The van der Waals surface area contributed by atoms with Crippen LogP contribution in [-0.2, 0) is 11.3 Å². The number of hydrogen-bond acceptors (Lipinski definition) is 5. The van der Waals surface area contributed by atoms with Crippen LogP contribution in [-0.4, -0.2) is 23.2 Å². The van der Waals surface area contributed by atoms with Gasteiger partial charge < -0.3 is 14.6 Å². The number of phenols is 1. The van der Waals surface area contributed by atoms with E-state index in [0.29, 0.717) is 19.4 Å². The van der Waals surface area contributed by atoms with Gasteiger partial charge in [0.15, 0.2) is 5.75 Å². The number of hydrogen-bond donors (Lipinski definition) is 1. The maximum atomic E-state index is 13.4. The number of benzene rings is 2. The lowest BCUT2D eigenvalue weighted by Gasteiger charge is -2.08. The van der Waals surface area contributed by atoms with Gasteiger partial charge in [0.25, 0.3) is 0 Å². The zero-order valence-corrected chi connectivity index (χ0v) is 13.3. The summed E-state index contributed by atoms with van der Waals surface area (Å²) < 4.78 is 37.0. The fraction of sp³-hybridized carbons (Fsp3) is 0.294. The third kappa shape index (κ3) is 5.68. The highest BCUT2D eigenvalue weighted by atomic mass is 19.1. The summed E-state index contributed by atoms with van der Waals surface area (Å²) >= 11 is 0. The molecule has 0 radical (unpaired) electrons. The monoisotopic (exact) mass is 353 g/mol. The first-order chi connectivity index (χ1) is 12.0. The van der Waals surface area contributed by atoms with Crippen LogP contribution in [0.1, 0.15) is 18.4 Å². The molecule has 0 saturated carbocycles. The van der Waals surface area contributed by atoms with Crippen molar-refractivity contribution in [2.75, 3.05) is 13.2 Å². The number of ether oxygens (including phenoxy) is 2. The van der Waals surface area contributed by atoms with Crippen molar-refractivity contribution < 1.29 is 28.3 Å². The fourth-order valence-corrected chi connectivity index (χ4v) is 2.09. The van der Waals surface area contributed by atoms with Crippen LogP contribution in [0.5, 0.6) is 11.5 Å². The van der Waals surface area contributed by atoms with Crippen LogP contribution < -0.4 is 4.74 Å². The Balaban J connectivity index is 1.69. The van der Waals surface area contributed by atoms with Crippen LogP contribution in [0.4, 0.5) is 14.5 Å². The van der Waals surface area contributed by atoms with E-state index < -0.39 is 16.6 Å². The van der Waals surface area contributed by atoms with E-state index in [0.717, 1.165) is 24.3 Å². The predicted molar refractivity (Wildman–Crippen MR) is 85.5 cm³/mol. The lowest BCUT2D eigenvalue weighted by Crippen LogP contribution is -2.03. The molecule has 0 heterocycles. The van der Waals surface area contributed by atoms with Gasteiger partial charge in [-0.3, -0.25) is 10.1 Å². The Morgan fingerprint density at radius 2 is 1.84 bits per heavy atom. The van der Waals surface area contributed by atoms with Crippen LogP contribution in [0, 0.1) is 21.7 Å². The molecule has 2 aromatic carbocycles. The molecule has 0 aliphatic rings. The van der Waals surface area contributed by atoms with Gasteiger partial charge in [-0.05, 0) is 43.2 Å². The average molecular weight is 353 g/mol. The van der Waals surface area contributed by atoms with Gasteiger partial charge in [-0.1, -0.05) is 0 Å². The summed E-state index contributed by atoms with van der Waals surface area (Å²) in [6, 6.07) is 6.83. The number of halogens is 2. The SMILES string of the molecule is O=[N+]([O-])c1cc(O)ccc1OCCCCOCc1cc(F)ccc1F. The topological polar surface area (TPSA) is 81.8 Å². The molecule has 0 saturated heterocycles. The molecular weight excluding hydrogens is 336 g/mol. The molecule has 0 aliphatic heterocycles. The van der Waals surface area contributed by atoms with E-state index >= 15 is 0 Å². The maximum Gasteiger partial charge on any atom is 0.314 e. The number of unbranched alkanes of at least 4 members (excludes halogenated alkanes) is 1. The molecule has 8 heteroatoms. The molecule has 134 valence electrons. The highest BCUT2D eigenvalue weighted by Crippen LogP contribution is 2.30. The van der Waals surface area contributed by atoms with E-state index in [1.807, 2.05) is 0 Å². The fourth-order valence-electron chi connectivity index (χ4n) is 2.09. The quantitative estimate of drug-likeness (QED) is 0.419. The third-order valence-electron chi connectivity index (χ3n) is 3.35. The Kier molecular flexibility index (Phi) is 6.64. The van der Waals surface area contributed by atoms with Crippen LogP contribution in [0.15, 0.2) is 36.4 Å². The van der Waals surface area contributed by atoms with Crippen molar-refractivity contribution in [3.63, 3.8) is 0 Å². The third-order valence-corrected chi connectivity index (χ3v) is 3.35. The Bertz CT molecular complexity index is 739. The normalized spacial score (nSPS) is 10.6. The Hall–Kier alpha value is -2.74. The summed E-state index contributed by atoms with van der Waals surface area (Å²) in [6.45, 7) is 0.508. The Labute approximate surface area is 142 Å². The first-order valence-electron chi connectivity index (χ1n) is 7.59. The van der Waals surface area contributed by atoms with Crippen molar-refractivity contribution in [1.29, 1.82) is 0 Å². The molecule has 25 heavy (non-hydrogen) atoms. The zero-order valence-electron chi connectivity index (χ0n) is 13.3. The van der Waals surface area contributed by atoms with Gasteiger partial charge in [-0.25, -0.2) is 8.78 Å². The summed E-state index contributed by atoms with van der Waals surface area (Å²) in [6.07, 6.45) is 1.15. The molecule has 2 rings (SSSR count). The summed E-state index contributed by atoms with van der Waals surface area (Å²) in [5, 5.41) is 20.1. The maximum absolute atomic E-state index is 13.4. The van der Waals surface area contributed by atoms with Crippen LogP contribution in [0.3, 0.4) is 0 Å². The van der Waals surface area contributed by atoms with Crippen molar-refractivity contribution in [3.05, 3.63) is 63.7 Å². The lowest BCUT2D eigenvalue weighted by molar-refractivity contribution is -0.385. The summed E-state index contributed by atoms with van der Waals surface area (Å²) in [5.74, 6) is -1.18. The second-order valence-electron chi connectivity index (χ2n) is 5.25. The Morgan fingerprint density at radius 3 is 2.60 bits per heavy atom. The number of nitro benzene ring substituents is 1. The first-order valence-corrected chi connectivity index (χ1v) is 7.59. The van der Waals surface area contributed by atoms with Crippen molar-refractivity contribution in [1.82, 2.24) is 0 Å². The van der Waals surface area contributed by atoms with E-state index in [4.69, 9.17) is 9.47 Å². The molecule has 2 aromatic rings. The number of rotatable bonds is 9. The highest BCUT2D eigenvalue weighted by molar-refractivity contribution is 5.50. The molecule has 0 unspecified atom stereocenters. The van der Waals surface area contributed by atoms with Crippen molar-refractivity contribution in [2.24, 2.45) is 0 Å². The molecule has 0 fully saturated rings. The number of nitro groups is 1. The molecule has 0 aliphatic carbocycles. The first kappa shape index (κ1) is 18.6. The number of aromatic hydroxyl groups is 1. The average Bonchev–Trinajstić information content (AvgIpc) is 2.57. The van der Waals surface area contributed by atoms with Crippen molar-refractivity contribution >= 4 is 5.69 Å². The second-order valence-corrected chi connectivity index (χ2v) is 5.25. The summed E-state index contributed by atoms with van der Waals surface area (Å²) in [5.41, 5.74) is -0.159. The Morgan fingerprint density at radius 1 is 1.08 bits per heavy atom. The van der Waals surface area contributed by atoms with E-state index in [1.165, 1.54) is 12.1 Å². The largest absolute Gasteiger partial charge is 0.508 e. The lowest BCUT2D eigenvalue weighted by atomic mass is 10.2. The van der Waals surface area contributed by atoms with E-state index in [-0.39, 0.29) is 36.0 Å². The minimum Gasteiger partial charge on any atom is -0.508 e. The molecule has 0 amide bonds. The van der Waals surface area contributed by atoms with Gasteiger partial charge in [0.2, 0.25) is 0 Å². The van der Waals surface area contributed by atoms with Crippen molar-refractivity contribution in [2.45, 2.75) is 19.4 Å². The number of nitrogens with zero attached hydrogens (tertiary/aromatic N) is 1. The molecule has 0 atom stereocenters. The smallest absolute Gasteiger partial charge is 0.314 e. The molecule has 0 bridgehead atoms. The molecule has 0 spiro atoms. The van der Waals surface area contributed by atoms with Crippen LogP contribution in [0.2, 0.25) is 0 Å². The van der Waals surface area contributed by atoms with Gasteiger partial charge in [-0.2, -0.15) is 0 Å². The van der Waals surface area contributed by atoms with Gasteiger partial charge in [-0.15, -0.1) is 0 Å². The highest BCUT2D eigenvalue weighted by Gasteiger charge is 2.15. The molecule has 1 N–H and O–H groups in total. The van der Waals surface area contributed by atoms with Crippen molar-refractivity contribution in [3.8, 4) is 11.5 Å². The van der Waals surface area contributed by atoms with E-state index in [1.54, 1.807) is 0 Å². The number of phenolic OH excluding ortho intramolecular Hbond substituents is 1. The predicted octanol–water partition coefficient (Wildman–Crippen LogP) is 3.95. The standard InChI is InChI=1S/C17H17F2NO5/c18-13-3-5-15(19)12(9-13)11-24-7-1-2-8-25-17-6-4-14(21)10-16(17)20(22)23/h3-6,9-10,21H,1-2,7-8,11H2. The van der Waals surface area contributed by atoms with Crippen LogP contribution in [0.25, 0.3) is 0 Å². The molecule has 0 aromatic heterocycles. The minimum atomic E-state index is -0.633. The molecule has 6 nitrogen and oxygen atoms in total. The summed E-state index contributed by atoms with van der Waals surface area (Å²) in [4.78, 5) is 10.2. The molecular formula is C17H17F2NO5. The van der Waals surface area contributed by atoms with Crippen LogP contribution >= 0.6 is 0 Å². The zero-order chi connectivity index (χ0) is 18.2. The summed E-state index contributed by atoms with van der Waals surface area (Å²) in [7, 11) is 0. The second kappa shape index (κ2) is 8.93. The van der Waals surface area contributed by atoms with Gasteiger partial charge in [0, 0.05) is 12.2 Å². The van der Waals surface area contributed by atoms with Gasteiger partial charge in [0.05, 0.1) is 24.2 Å². The van der Waals surface area contributed by atoms with E-state index in [2.05, 4.69) is 0 Å². The van der Waals surface area contributed by atoms with Gasteiger partial charge in [0.1, 0.15) is 17.4 Å².